The summed E-state index contributed by atoms with van der Waals surface area (Å²) in [5.74, 6) is -0.184. The van der Waals surface area contributed by atoms with Crippen molar-refractivity contribution in [1.82, 2.24) is 9.88 Å². The van der Waals surface area contributed by atoms with E-state index in [2.05, 4.69) is 33.6 Å². The van der Waals surface area contributed by atoms with E-state index < -0.39 is 11.7 Å². The first-order valence-electron chi connectivity index (χ1n) is 13.0. The Kier molecular flexibility index (Phi) is 7.90. The molecular formula is C30H35F2N3O4. The molecule has 0 saturated heterocycles. The lowest BCUT2D eigenvalue weighted by Gasteiger charge is -2.17. The normalized spacial score (nSPS) is 15.6. The molecule has 5 rings (SSSR count). The summed E-state index contributed by atoms with van der Waals surface area (Å²) in [5, 5.41) is 2.87. The molecule has 2 amide bonds. The zero-order valence-corrected chi connectivity index (χ0v) is 22.8. The molecule has 2 heterocycles. The number of carbonyl (C=O) groups excluding carboxylic acids is 2. The minimum atomic E-state index is -3.71. The number of unbranched alkanes of at least 4 members (excludes halogenated alkanes) is 1. The summed E-state index contributed by atoms with van der Waals surface area (Å²) in [6, 6.07) is 15.2. The van der Waals surface area contributed by atoms with Crippen molar-refractivity contribution in [3.63, 3.8) is 0 Å². The van der Waals surface area contributed by atoms with Crippen LogP contribution >= 0.6 is 0 Å². The summed E-state index contributed by atoms with van der Waals surface area (Å²) in [7, 11) is 3.38. The molecule has 1 N–H and O–H groups in total. The molecule has 1 fully saturated rings. The minimum Gasteiger partial charge on any atom is -0.395 e. The van der Waals surface area contributed by atoms with E-state index in [0.29, 0.717) is 35.5 Å². The van der Waals surface area contributed by atoms with Crippen LogP contribution in [0.2, 0.25) is 0 Å². The molecule has 2 aliphatic rings. The number of anilines is 1. The number of hydrogen-bond donors (Lipinski definition) is 1. The van der Waals surface area contributed by atoms with Gasteiger partial charge in [0, 0.05) is 26.6 Å². The second-order valence-corrected chi connectivity index (χ2v) is 10.0. The van der Waals surface area contributed by atoms with Crippen molar-refractivity contribution in [3.05, 3.63) is 71.3 Å². The highest BCUT2D eigenvalue weighted by atomic mass is 19.3. The van der Waals surface area contributed by atoms with Gasteiger partial charge in [0.25, 0.3) is 5.91 Å². The van der Waals surface area contributed by atoms with Crippen LogP contribution in [0.1, 0.15) is 62.4 Å². The number of nitrogens with one attached hydrogen (secondary N) is 1. The fourth-order valence-electron chi connectivity index (χ4n) is 4.20. The van der Waals surface area contributed by atoms with Crippen molar-refractivity contribution >= 4 is 17.6 Å². The van der Waals surface area contributed by atoms with Crippen molar-refractivity contribution in [3.8, 4) is 22.8 Å². The van der Waals surface area contributed by atoms with Crippen molar-refractivity contribution < 1.29 is 29.3 Å². The highest BCUT2D eigenvalue weighted by Gasteiger charge is 2.53. The van der Waals surface area contributed by atoms with E-state index in [-0.39, 0.29) is 24.7 Å². The number of hydrogen-bond acceptors (Lipinski definition) is 5. The maximum atomic E-state index is 13.4. The molecule has 2 aromatic carbocycles. The van der Waals surface area contributed by atoms with Crippen LogP contribution in [-0.4, -0.2) is 42.1 Å². The smallest absolute Gasteiger partial charge is 0.395 e. The molecule has 1 aliphatic heterocycles. The van der Waals surface area contributed by atoms with E-state index in [4.69, 9.17) is 0 Å². The molecule has 9 heteroatoms. The van der Waals surface area contributed by atoms with Crippen molar-refractivity contribution in [2.75, 3.05) is 19.4 Å². The summed E-state index contributed by atoms with van der Waals surface area (Å²) in [6.07, 6.45) is 0.0706. The number of pyridine rings is 1. The lowest BCUT2D eigenvalue weighted by atomic mass is 9.94. The number of fused-ring (bicyclic) bond motifs is 1. The predicted octanol–water partition coefficient (Wildman–Crippen LogP) is 6.80. The highest BCUT2D eigenvalue weighted by Crippen LogP contribution is 2.52. The number of nitrogens with zero attached hydrogens (tertiary/aromatic N) is 2. The third kappa shape index (κ3) is 6.02. The van der Waals surface area contributed by atoms with Gasteiger partial charge in [0.1, 0.15) is 5.82 Å². The molecular weight excluding hydrogens is 504 g/mol. The van der Waals surface area contributed by atoms with Gasteiger partial charge in [-0.3, -0.25) is 9.59 Å². The Balaban J connectivity index is 0.000000828. The third-order valence-corrected chi connectivity index (χ3v) is 6.77. The van der Waals surface area contributed by atoms with E-state index in [1.54, 1.807) is 44.4 Å². The number of aromatic nitrogens is 1. The zero-order valence-electron chi connectivity index (χ0n) is 22.8. The first-order chi connectivity index (χ1) is 18.5. The number of ether oxygens (including phenoxy) is 2. The number of halogens is 2. The molecule has 1 aliphatic carbocycles. The molecule has 1 saturated carbocycles. The quantitative estimate of drug-likeness (QED) is 0.373. The molecule has 0 radical (unpaired) electrons. The van der Waals surface area contributed by atoms with Gasteiger partial charge >= 0.3 is 6.29 Å². The average Bonchev–Trinajstić information content (AvgIpc) is 3.66. The topological polar surface area (TPSA) is 80.8 Å². The van der Waals surface area contributed by atoms with Crippen LogP contribution in [0.25, 0.3) is 11.3 Å². The first kappa shape index (κ1) is 28.0. The van der Waals surface area contributed by atoms with Crippen molar-refractivity contribution in [2.45, 2.75) is 58.2 Å². The lowest BCUT2D eigenvalue weighted by Crippen LogP contribution is -2.28. The van der Waals surface area contributed by atoms with Gasteiger partial charge in [-0.15, -0.1) is 8.78 Å². The Labute approximate surface area is 228 Å². The van der Waals surface area contributed by atoms with Crippen LogP contribution in [0.4, 0.5) is 14.6 Å². The number of amides is 2. The van der Waals surface area contributed by atoms with Crippen LogP contribution in [0.5, 0.6) is 11.5 Å². The standard InChI is InChI=1S/C26H23F2N3O4.C4H10.H2/c1-15-7-10-21(29-22(15)16-5-4-6-17(13-16)23(32)31(2)3)30-24(33)25(11-12-25)18-8-9-19-20(14-18)35-26(27,28)34-19;1-3-4-2;/h4-10,13-14H,11-12H2,1-3H3,(H,29,30,33);3-4H2,1-2H3;1H. The fourth-order valence-corrected chi connectivity index (χ4v) is 4.20. The monoisotopic (exact) mass is 539 g/mol. The summed E-state index contributed by atoms with van der Waals surface area (Å²) in [5.41, 5.74) is 2.55. The molecule has 7 nitrogen and oxygen atoms in total. The molecule has 1 aromatic heterocycles. The molecule has 208 valence electrons. The Hall–Kier alpha value is -4.01. The number of carbonyl (C=O) groups is 2. The molecule has 0 atom stereocenters. The Bertz CT molecular complexity index is 1390. The first-order valence-corrected chi connectivity index (χ1v) is 13.0. The molecule has 3 aromatic rings. The third-order valence-electron chi connectivity index (χ3n) is 6.77. The second kappa shape index (κ2) is 11.0. The summed E-state index contributed by atoms with van der Waals surface area (Å²) in [6.45, 7) is 6.26. The van der Waals surface area contributed by atoms with Crippen LogP contribution < -0.4 is 14.8 Å². The SMILES string of the molecule is CCCC.Cc1ccc(NC(=O)C2(c3ccc4c(c3)OC(F)(F)O4)CC2)nc1-c1cccc(C(=O)N(C)C)c1.[HH]. The summed E-state index contributed by atoms with van der Waals surface area (Å²) < 4.78 is 35.8. The maximum absolute atomic E-state index is 13.4. The van der Waals surface area contributed by atoms with Gasteiger partial charge in [-0.1, -0.05) is 51.0 Å². The molecule has 0 bridgehead atoms. The fraction of sp³-hybridized carbons (Fsp3) is 0.367. The Morgan fingerprint density at radius 1 is 1.00 bits per heavy atom. The Morgan fingerprint density at radius 2 is 1.69 bits per heavy atom. The number of alkyl halides is 2. The van der Waals surface area contributed by atoms with Gasteiger partial charge < -0.3 is 19.7 Å². The van der Waals surface area contributed by atoms with E-state index in [9.17, 15) is 18.4 Å². The largest absolute Gasteiger partial charge is 0.586 e. The predicted molar refractivity (Wildman–Crippen MR) is 147 cm³/mol. The van der Waals surface area contributed by atoms with Gasteiger partial charge in [-0.05, 0) is 61.2 Å². The molecule has 39 heavy (non-hydrogen) atoms. The summed E-state index contributed by atoms with van der Waals surface area (Å²) in [4.78, 5) is 31.8. The van der Waals surface area contributed by atoms with Crippen LogP contribution in [0.3, 0.4) is 0 Å². The highest BCUT2D eigenvalue weighted by molar-refractivity contribution is 6.01. The van der Waals surface area contributed by atoms with Crippen molar-refractivity contribution in [1.29, 1.82) is 0 Å². The zero-order chi connectivity index (χ0) is 28.4. The maximum Gasteiger partial charge on any atom is 0.586 e. The van der Waals surface area contributed by atoms with Crippen molar-refractivity contribution in [2.24, 2.45) is 0 Å². The average molecular weight is 540 g/mol. The van der Waals surface area contributed by atoms with Gasteiger partial charge in [0.2, 0.25) is 5.91 Å². The van der Waals surface area contributed by atoms with E-state index >= 15 is 0 Å². The van der Waals surface area contributed by atoms with Crippen LogP contribution in [0.15, 0.2) is 54.6 Å². The minimum absolute atomic E-state index is 0. The number of rotatable bonds is 6. The van der Waals surface area contributed by atoms with E-state index in [0.717, 1.165) is 11.1 Å². The van der Waals surface area contributed by atoms with Gasteiger partial charge in [-0.25, -0.2) is 4.98 Å². The molecule has 0 spiro atoms. The summed E-state index contributed by atoms with van der Waals surface area (Å²) >= 11 is 0. The van der Waals surface area contributed by atoms with Gasteiger partial charge in [0.05, 0.1) is 11.1 Å². The lowest BCUT2D eigenvalue weighted by molar-refractivity contribution is -0.286. The Morgan fingerprint density at radius 3 is 2.33 bits per heavy atom. The molecule has 0 unspecified atom stereocenters. The van der Waals surface area contributed by atoms with Gasteiger partial charge in [0.15, 0.2) is 11.5 Å². The number of benzene rings is 2. The number of aryl methyl sites for hydroxylation is 1. The second-order valence-electron chi connectivity index (χ2n) is 10.0. The van der Waals surface area contributed by atoms with Crippen LogP contribution in [-0.2, 0) is 10.2 Å². The van der Waals surface area contributed by atoms with Gasteiger partial charge in [-0.2, -0.15) is 0 Å². The van der Waals surface area contributed by atoms with E-state index in [1.807, 2.05) is 19.1 Å². The van der Waals surface area contributed by atoms with E-state index in [1.165, 1.54) is 29.9 Å². The van der Waals surface area contributed by atoms with Crippen LogP contribution in [0, 0.1) is 6.92 Å².